The van der Waals surface area contributed by atoms with Gasteiger partial charge < -0.3 is 0 Å². The Morgan fingerprint density at radius 1 is 1.08 bits per heavy atom. The second kappa shape index (κ2) is 6.30. The molecule has 1 aromatic heterocycles. The van der Waals surface area contributed by atoms with E-state index in [0.29, 0.717) is 5.56 Å². The average molecular weight is 391 g/mol. The fourth-order valence-corrected chi connectivity index (χ4v) is 3.53. The Kier molecular flexibility index (Phi) is 3.98. The molecule has 0 aliphatic heterocycles. The molecule has 0 unspecified atom stereocenters. The summed E-state index contributed by atoms with van der Waals surface area (Å²) in [7, 11) is 0. The van der Waals surface area contributed by atoms with E-state index < -0.39 is 0 Å². The number of imidazole rings is 1. The zero-order chi connectivity index (χ0) is 17.4. The molecule has 0 bridgehead atoms. The summed E-state index contributed by atoms with van der Waals surface area (Å²) in [4.78, 5) is 17.2. The molecule has 0 saturated carbocycles. The molecule has 0 radical (unpaired) electrons. The second-order valence-corrected chi connectivity index (χ2v) is 6.85. The number of carbonyl (C=O) groups excluding carboxylic acids is 1. The Labute approximate surface area is 154 Å². The number of fused-ring (bicyclic) bond motifs is 1. The fourth-order valence-electron chi connectivity index (χ4n) is 3.17. The Morgan fingerprint density at radius 3 is 2.60 bits per heavy atom. The van der Waals surface area contributed by atoms with Gasteiger partial charge in [0.05, 0.1) is 5.56 Å². The molecular formula is C21H15BrN2O. The van der Waals surface area contributed by atoms with Crippen LogP contribution >= 0.6 is 15.9 Å². The van der Waals surface area contributed by atoms with Gasteiger partial charge in [-0.2, -0.15) is 0 Å². The summed E-state index contributed by atoms with van der Waals surface area (Å²) in [6.45, 7) is 2.01. The molecule has 0 saturated heterocycles. The van der Waals surface area contributed by atoms with Gasteiger partial charge in [-0.05, 0) is 52.6 Å². The number of halogens is 1. The van der Waals surface area contributed by atoms with Gasteiger partial charge in [-0.15, -0.1) is 0 Å². The van der Waals surface area contributed by atoms with Crippen LogP contribution in [0.15, 0.2) is 77.8 Å². The van der Waals surface area contributed by atoms with Crippen molar-refractivity contribution in [3.63, 3.8) is 0 Å². The van der Waals surface area contributed by atoms with Crippen LogP contribution in [0.3, 0.4) is 0 Å². The normalized spacial score (nSPS) is 11.0. The van der Waals surface area contributed by atoms with Crippen LogP contribution in [0.1, 0.15) is 15.9 Å². The van der Waals surface area contributed by atoms with Crippen molar-refractivity contribution in [3.05, 3.63) is 88.9 Å². The van der Waals surface area contributed by atoms with E-state index in [1.165, 1.54) is 4.57 Å². The molecule has 122 valence electrons. The lowest BCUT2D eigenvalue weighted by Crippen LogP contribution is -2.13. The second-order valence-electron chi connectivity index (χ2n) is 5.93. The zero-order valence-corrected chi connectivity index (χ0v) is 15.2. The first kappa shape index (κ1) is 15.8. The lowest BCUT2D eigenvalue weighted by molar-refractivity contribution is 0.0961. The van der Waals surface area contributed by atoms with Crippen LogP contribution in [0.5, 0.6) is 0 Å². The SMILES string of the molecule is Cc1c(-c2ccccc2)cc2ccc(Br)cc2c1C(=O)n1ccnc1. The molecule has 0 spiro atoms. The van der Waals surface area contributed by atoms with Crippen molar-refractivity contribution >= 4 is 32.6 Å². The number of benzene rings is 3. The van der Waals surface area contributed by atoms with Crippen molar-refractivity contribution in [3.8, 4) is 11.1 Å². The first-order chi connectivity index (χ1) is 12.1. The summed E-state index contributed by atoms with van der Waals surface area (Å²) in [5.74, 6) is -0.0733. The first-order valence-electron chi connectivity index (χ1n) is 7.96. The number of aromatic nitrogens is 2. The van der Waals surface area contributed by atoms with Gasteiger partial charge in [0, 0.05) is 16.9 Å². The molecule has 0 aliphatic rings. The monoisotopic (exact) mass is 390 g/mol. The summed E-state index contributed by atoms with van der Waals surface area (Å²) in [6.07, 6.45) is 4.84. The highest BCUT2D eigenvalue weighted by Gasteiger charge is 2.19. The van der Waals surface area contributed by atoms with Crippen molar-refractivity contribution < 1.29 is 4.79 Å². The van der Waals surface area contributed by atoms with Gasteiger partial charge in [-0.25, -0.2) is 4.98 Å². The lowest BCUT2D eigenvalue weighted by Gasteiger charge is -2.15. The molecule has 3 nitrogen and oxygen atoms in total. The van der Waals surface area contributed by atoms with E-state index in [0.717, 1.165) is 31.9 Å². The minimum absolute atomic E-state index is 0.0733. The van der Waals surface area contributed by atoms with Crippen molar-refractivity contribution in [1.29, 1.82) is 0 Å². The highest BCUT2D eigenvalue weighted by atomic mass is 79.9. The van der Waals surface area contributed by atoms with E-state index >= 15 is 0 Å². The summed E-state index contributed by atoms with van der Waals surface area (Å²) in [5, 5.41) is 1.97. The van der Waals surface area contributed by atoms with Crippen LogP contribution in [0, 0.1) is 6.92 Å². The summed E-state index contributed by atoms with van der Waals surface area (Å²) in [6, 6.07) is 18.3. The Hall–Kier alpha value is -2.72. The smallest absolute Gasteiger partial charge is 0.264 e. The van der Waals surface area contributed by atoms with Crippen molar-refractivity contribution in [1.82, 2.24) is 9.55 Å². The highest BCUT2D eigenvalue weighted by molar-refractivity contribution is 9.10. The van der Waals surface area contributed by atoms with Crippen molar-refractivity contribution in [2.24, 2.45) is 0 Å². The van der Waals surface area contributed by atoms with Gasteiger partial charge in [0.25, 0.3) is 5.91 Å². The molecule has 0 amide bonds. The molecule has 0 atom stereocenters. The van der Waals surface area contributed by atoms with Gasteiger partial charge in [0.1, 0.15) is 6.33 Å². The molecule has 4 rings (SSSR count). The Morgan fingerprint density at radius 2 is 1.88 bits per heavy atom. The van der Waals surface area contributed by atoms with Crippen LogP contribution in [-0.4, -0.2) is 15.5 Å². The van der Waals surface area contributed by atoms with Gasteiger partial charge >= 0.3 is 0 Å². The third-order valence-electron chi connectivity index (χ3n) is 4.40. The largest absolute Gasteiger partial charge is 0.272 e. The predicted molar refractivity (Wildman–Crippen MR) is 104 cm³/mol. The van der Waals surface area contributed by atoms with Gasteiger partial charge in [-0.1, -0.05) is 52.3 Å². The number of hydrogen-bond acceptors (Lipinski definition) is 2. The average Bonchev–Trinajstić information content (AvgIpc) is 3.16. The van der Waals surface area contributed by atoms with Crippen LogP contribution in [0.25, 0.3) is 21.9 Å². The van der Waals surface area contributed by atoms with E-state index in [-0.39, 0.29) is 5.91 Å². The molecule has 25 heavy (non-hydrogen) atoms. The predicted octanol–water partition coefficient (Wildman–Crippen LogP) is 5.46. The molecule has 1 heterocycles. The van der Waals surface area contributed by atoms with Gasteiger partial charge in [0.15, 0.2) is 0 Å². The van der Waals surface area contributed by atoms with Crippen LogP contribution in [-0.2, 0) is 0 Å². The molecule has 0 fully saturated rings. The maximum absolute atomic E-state index is 13.1. The number of rotatable bonds is 2. The molecular weight excluding hydrogens is 376 g/mol. The van der Waals surface area contributed by atoms with Crippen LogP contribution in [0.2, 0.25) is 0 Å². The Balaban J connectivity index is 2.06. The Bertz CT molecular complexity index is 1070. The third kappa shape index (κ3) is 2.79. The lowest BCUT2D eigenvalue weighted by atomic mass is 9.91. The molecule has 3 aromatic carbocycles. The standard InChI is InChI=1S/C21H15BrN2O/c1-14-18(15-5-3-2-4-6-15)11-16-7-8-17(22)12-19(16)20(14)21(25)24-10-9-23-13-24/h2-13H,1H3. The number of hydrogen-bond donors (Lipinski definition) is 0. The molecule has 4 heteroatoms. The maximum atomic E-state index is 13.1. The van der Waals surface area contributed by atoms with Gasteiger partial charge in [0.2, 0.25) is 0 Å². The topological polar surface area (TPSA) is 34.9 Å². The van der Waals surface area contributed by atoms with E-state index in [1.54, 1.807) is 18.7 Å². The van der Waals surface area contributed by atoms with Crippen molar-refractivity contribution in [2.75, 3.05) is 0 Å². The van der Waals surface area contributed by atoms with E-state index in [1.807, 2.05) is 43.3 Å². The number of nitrogens with zero attached hydrogens (tertiary/aromatic N) is 2. The molecule has 0 N–H and O–H groups in total. The van der Waals surface area contributed by atoms with E-state index in [4.69, 9.17) is 0 Å². The van der Waals surface area contributed by atoms with Crippen LogP contribution < -0.4 is 0 Å². The van der Waals surface area contributed by atoms with E-state index in [2.05, 4.69) is 39.1 Å². The van der Waals surface area contributed by atoms with E-state index in [9.17, 15) is 4.79 Å². The summed E-state index contributed by atoms with van der Waals surface area (Å²) >= 11 is 3.52. The maximum Gasteiger partial charge on any atom is 0.264 e. The van der Waals surface area contributed by atoms with Gasteiger partial charge in [-0.3, -0.25) is 9.36 Å². The first-order valence-corrected chi connectivity index (χ1v) is 8.75. The quantitative estimate of drug-likeness (QED) is 0.455. The minimum atomic E-state index is -0.0733. The summed E-state index contributed by atoms with van der Waals surface area (Å²) < 4.78 is 2.48. The summed E-state index contributed by atoms with van der Waals surface area (Å²) in [5.41, 5.74) is 3.84. The van der Waals surface area contributed by atoms with Crippen molar-refractivity contribution in [2.45, 2.75) is 6.92 Å². The fraction of sp³-hybridized carbons (Fsp3) is 0.0476. The molecule has 0 aliphatic carbocycles. The highest BCUT2D eigenvalue weighted by Crippen LogP contribution is 2.34. The third-order valence-corrected chi connectivity index (χ3v) is 4.89. The zero-order valence-electron chi connectivity index (χ0n) is 13.6. The number of carbonyl (C=O) groups is 1. The van der Waals surface area contributed by atoms with Crippen LogP contribution in [0.4, 0.5) is 0 Å². The minimum Gasteiger partial charge on any atom is -0.272 e. The molecule has 4 aromatic rings.